The molecule has 0 atom stereocenters. The third kappa shape index (κ3) is 4.55. The number of nitriles is 1. The number of hydrogen-bond donors (Lipinski definition) is 0. The van der Waals surface area contributed by atoms with Crippen molar-refractivity contribution in [3.05, 3.63) is 180 Å². The van der Waals surface area contributed by atoms with Crippen LogP contribution in [0.15, 0.2) is 164 Å². The lowest BCUT2D eigenvalue weighted by Crippen LogP contribution is -2.29. The van der Waals surface area contributed by atoms with Gasteiger partial charge in [0.25, 0.3) is 11.8 Å². The standard InChI is InChI=1S/C45H27N3O2/c46-28-29-21-23-32(24-22-29)36-16-9-17-38-37-15-7-8-19-40(37)48(43(36)38)41-20-10-18-39-42(41)45(50)47(44(39)49)35-26-33(30-11-3-1-4-12-30)25-34(27-35)31-13-5-2-6-14-31/h1-27H. The highest BCUT2D eigenvalue weighted by molar-refractivity contribution is 6.36. The second-order valence-electron chi connectivity index (χ2n) is 12.4. The third-order valence-electron chi connectivity index (χ3n) is 9.54. The topological polar surface area (TPSA) is 66.1 Å². The predicted molar refractivity (Wildman–Crippen MR) is 199 cm³/mol. The molecule has 1 aliphatic rings. The summed E-state index contributed by atoms with van der Waals surface area (Å²) in [6.07, 6.45) is 0. The van der Waals surface area contributed by atoms with E-state index in [1.54, 1.807) is 6.07 Å². The van der Waals surface area contributed by atoms with Crippen LogP contribution in [0.2, 0.25) is 0 Å². The number of fused-ring (bicyclic) bond motifs is 4. The van der Waals surface area contributed by atoms with Crippen LogP contribution in [-0.2, 0) is 0 Å². The maximum absolute atomic E-state index is 14.8. The molecular formula is C45H27N3O2. The van der Waals surface area contributed by atoms with E-state index >= 15 is 0 Å². The van der Waals surface area contributed by atoms with E-state index in [1.165, 1.54) is 4.90 Å². The number of carbonyl (C=O) groups excluding carboxylic acids is 2. The average Bonchev–Trinajstić information content (AvgIpc) is 3.66. The Kier molecular flexibility index (Phi) is 6.75. The summed E-state index contributed by atoms with van der Waals surface area (Å²) in [7, 11) is 0. The van der Waals surface area contributed by atoms with Crippen molar-refractivity contribution < 1.29 is 9.59 Å². The van der Waals surface area contributed by atoms with E-state index in [4.69, 9.17) is 0 Å². The molecule has 0 spiro atoms. The van der Waals surface area contributed by atoms with Crippen LogP contribution >= 0.6 is 0 Å². The van der Waals surface area contributed by atoms with Gasteiger partial charge in [0, 0.05) is 16.3 Å². The fourth-order valence-corrected chi connectivity index (χ4v) is 7.25. The fraction of sp³-hybridized carbons (Fsp3) is 0. The molecule has 1 aliphatic heterocycles. The fourth-order valence-electron chi connectivity index (χ4n) is 7.25. The highest BCUT2D eigenvalue weighted by Gasteiger charge is 2.40. The van der Waals surface area contributed by atoms with Gasteiger partial charge < -0.3 is 4.57 Å². The van der Waals surface area contributed by atoms with Crippen LogP contribution in [0.4, 0.5) is 5.69 Å². The molecule has 5 heteroatoms. The summed E-state index contributed by atoms with van der Waals surface area (Å²) in [5.41, 5.74) is 10.0. The second-order valence-corrected chi connectivity index (χ2v) is 12.4. The first kappa shape index (κ1) is 29.1. The monoisotopic (exact) mass is 641 g/mol. The Bertz CT molecular complexity index is 2630. The molecule has 0 bridgehead atoms. The molecule has 0 saturated heterocycles. The SMILES string of the molecule is N#Cc1ccc(-c2cccc3c4ccccc4n(-c4cccc5c4C(=O)N(c4cc(-c6ccccc6)cc(-c6ccccc6)c4)C5=O)c23)cc1. The van der Waals surface area contributed by atoms with Crippen molar-refractivity contribution in [3.8, 4) is 45.1 Å². The van der Waals surface area contributed by atoms with Gasteiger partial charge >= 0.3 is 0 Å². The smallest absolute Gasteiger partial charge is 0.268 e. The first-order valence-electron chi connectivity index (χ1n) is 16.4. The summed E-state index contributed by atoms with van der Waals surface area (Å²) in [6, 6.07) is 55.5. The number of carbonyl (C=O) groups is 2. The number of hydrogen-bond acceptors (Lipinski definition) is 3. The molecule has 2 amide bonds. The molecule has 0 radical (unpaired) electrons. The molecule has 5 nitrogen and oxygen atoms in total. The minimum absolute atomic E-state index is 0.357. The van der Waals surface area contributed by atoms with Gasteiger partial charge in [0.05, 0.1) is 45.2 Å². The predicted octanol–water partition coefficient (Wildman–Crippen LogP) is 10.5. The lowest BCUT2D eigenvalue weighted by Gasteiger charge is -2.18. The summed E-state index contributed by atoms with van der Waals surface area (Å²) in [5.74, 6) is -0.726. The van der Waals surface area contributed by atoms with Gasteiger partial charge in [-0.2, -0.15) is 5.26 Å². The molecule has 2 heterocycles. The summed E-state index contributed by atoms with van der Waals surface area (Å²) < 4.78 is 2.11. The van der Waals surface area contributed by atoms with Gasteiger partial charge in [-0.1, -0.05) is 115 Å². The van der Waals surface area contributed by atoms with Crippen molar-refractivity contribution in [1.82, 2.24) is 4.57 Å². The molecule has 0 aliphatic carbocycles. The summed E-state index contributed by atoms with van der Waals surface area (Å²) in [4.78, 5) is 30.5. The van der Waals surface area contributed by atoms with Crippen molar-refractivity contribution in [2.24, 2.45) is 0 Å². The van der Waals surface area contributed by atoms with Crippen molar-refractivity contribution in [2.75, 3.05) is 4.90 Å². The third-order valence-corrected chi connectivity index (χ3v) is 9.54. The number of rotatable bonds is 5. The van der Waals surface area contributed by atoms with Crippen LogP contribution in [0.5, 0.6) is 0 Å². The van der Waals surface area contributed by atoms with Crippen LogP contribution in [0, 0.1) is 11.3 Å². The Balaban J connectivity index is 1.26. The summed E-state index contributed by atoms with van der Waals surface area (Å²) in [5, 5.41) is 11.5. The first-order valence-corrected chi connectivity index (χ1v) is 16.4. The van der Waals surface area contributed by atoms with Gasteiger partial charge in [-0.3, -0.25) is 9.59 Å². The zero-order chi connectivity index (χ0) is 33.8. The molecule has 0 fully saturated rings. The van der Waals surface area contributed by atoms with E-state index in [9.17, 15) is 14.9 Å². The molecule has 0 saturated carbocycles. The molecule has 1 aromatic heterocycles. The van der Waals surface area contributed by atoms with E-state index in [2.05, 4.69) is 34.9 Å². The maximum atomic E-state index is 14.8. The lowest BCUT2D eigenvalue weighted by atomic mass is 9.97. The molecular weight excluding hydrogens is 615 g/mol. The normalized spacial score (nSPS) is 12.4. The van der Waals surface area contributed by atoms with Crippen LogP contribution in [0.1, 0.15) is 26.3 Å². The first-order chi connectivity index (χ1) is 24.6. The molecule has 9 rings (SSSR count). The average molecular weight is 642 g/mol. The van der Waals surface area contributed by atoms with Crippen molar-refractivity contribution in [2.45, 2.75) is 0 Å². The number of para-hydroxylation sites is 2. The largest absolute Gasteiger partial charge is 0.308 e. The highest BCUT2D eigenvalue weighted by Crippen LogP contribution is 2.42. The lowest BCUT2D eigenvalue weighted by molar-refractivity contribution is 0.0926. The van der Waals surface area contributed by atoms with Crippen LogP contribution in [0.3, 0.4) is 0 Å². The minimum atomic E-state index is -0.369. The molecule has 234 valence electrons. The number of amides is 2. The van der Waals surface area contributed by atoms with Gasteiger partial charge in [0.15, 0.2) is 0 Å². The number of benzene rings is 7. The van der Waals surface area contributed by atoms with E-state index in [-0.39, 0.29) is 11.8 Å². The van der Waals surface area contributed by atoms with Gasteiger partial charge in [0.2, 0.25) is 0 Å². The Morgan fingerprint density at radius 3 is 1.76 bits per heavy atom. The number of nitrogens with zero attached hydrogens (tertiary/aromatic N) is 3. The summed E-state index contributed by atoms with van der Waals surface area (Å²) >= 11 is 0. The maximum Gasteiger partial charge on any atom is 0.268 e. The van der Waals surface area contributed by atoms with Crippen LogP contribution in [-0.4, -0.2) is 16.4 Å². The summed E-state index contributed by atoms with van der Waals surface area (Å²) in [6.45, 7) is 0. The second kappa shape index (κ2) is 11.6. The van der Waals surface area contributed by atoms with E-state index in [0.717, 1.165) is 55.2 Å². The van der Waals surface area contributed by atoms with Gasteiger partial charge in [-0.15, -0.1) is 0 Å². The number of imide groups is 1. The zero-order valence-corrected chi connectivity index (χ0v) is 26.7. The van der Waals surface area contributed by atoms with Crippen molar-refractivity contribution in [3.63, 3.8) is 0 Å². The van der Waals surface area contributed by atoms with Crippen molar-refractivity contribution >= 4 is 39.3 Å². The molecule has 50 heavy (non-hydrogen) atoms. The Labute approximate surface area is 288 Å². The number of aromatic nitrogens is 1. The Morgan fingerprint density at radius 1 is 0.480 bits per heavy atom. The number of anilines is 1. The van der Waals surface area contributed by atoms with Gasteiger partial charge in [0.1, 0.15) is 0 Å². The molecule has 0 unspecified atom stereocenters. The molecule has 8 aromatic rings. The minimum Gasteiger partial charge on any atom is -0.308 e. The van der Waals surface area contributed by atoms with Gasteiger partial charge in [-0.25, -0.2) is 4.90 Å². The molecule has 0 N–H and O–H groups in total. The highest BCUT2D eigenvalue weighted by atomic mass is 16.2. The Hall–Kier alpha value is -7.03. The van der Waals surface area contributed by atoms with Gasteiger partial charge in [-0.05, 0) is 76.3 Å². The van der Waals surface area contributed by atoms with Crippen LogP contribution < -0.4 is 4.90 Å². The Morgan fingerprint density at radius 2 is 1.08 bits per heavy atom. The van der Waals surface area contributed by atoms with Crippen LogP contribution in [0.25, 0.3) is 60.9 Å². The zero-order valence-electron chi connectivity index (χ0n) is 26.7. The van der Waals surface area contributed by atoms with E-state index in [0.29, 0.717) is 28.1 Å². The van der Waals surface area contributed by atoms with E-state index in [1.807, 2.05) is 133 Å². The van der Waals surface area contributed by atoms with Crippen molar-refractivity contribution in [1.29, 1.82) is 5.26 Å². The van der Waals surface area contributed by atoms with E-state index < -0.39 is 0 Å². The quantitative estimate of drug-likeness (QED) is 0.176. The molecule has 7 aromatic carbocycles.